The van der Waals surface area contributed by atoms with E-state index < -0.39 is 0 Å². The first-order valence-electron chi connectivity index (χ1n) is 3.99. The number of hydrogen-bond donors (Lipinski definition) is 2. The number of ether oxygens (including phenoxy) is 2. The van der Waals surface area contributed by atoms with Crippen molar-refractivity contribution in [2.75, 3.05) is 33.4 Å². The lowest BCUT2D eigenvalue weighted by Crippen LogP contribution is -2.23. The van der Waals surface area contributed by atoms with Crippen LogP contribution >= 0.6 is 0 Å². The summed E-state index contributed by atoms with van der Waals surface area (Å²) in [6.45, 7) is 2.48. The van der Waals surface area contributed by atoms with Crippen LogP contribution in [-0.2, 0) is 9.47 Å². The number of carbonyl (C=O) groups is 1. The Balaban J connectivity index is 1.97. The van der Waals surface area contributed by atoms with Crippen LogP contribution in [0.15, 0.2) is 0 Å². The van der Waals surface area contributed by atoms with Gasteiger partial charge in [0.2, 0.25) is 0 Å². The number of hydrogen-bond acceptors (Lipinski definition) is 4. The second-order valence-corrected chi connectivity index (χ2v) is 2.59. The maximum Gasteiger partial charge on any atom is 0.407 e. The van der Waals surface area contributed by atoms with E-state index in [1.807, 2.05) is 7.05 Å². The van der Waals surface area contributed by atoms with Gasteiger partial charge in [0.25, 0.3) is 0 Å². The molecule has 1 amide bonds. The molecular weight excluding hydrogens is 160 g/mol. The summed E-state index contributed by atoms with van der Waals surface area (Å²) in [7, 11) is 1.86. The number of alkyl carbamates (subject to hydrolysis) is 1. The third-order valence-electron chi connectivity index (χ3n) is 1.55. The van der Waals surface area contributed by atoms with E-state index in [0.717, 1.165) is 6.54 Å². The summed E-state index contributed by atoms with van der Waals surface area (Å²) in [6, 6.07) is 0. The van der Waals surface area contributed by atoms with E-state index >= 15 is 0 Å². The Morgan fingerprint density at radius 2 is 2.67 bits per heavy atom. The fourth-order valence-corrected chi connectivity index (χ4v) is 0.914. The maximum absolute atomic E-state index is 10.5. The van der Waals surface area contributed by atoms with Crippen LogP contribution in [0.2, 0.25) is 0 Å². The topological polar surface area (TPSA) is 59.6 Å². The highest BCUT2D eigenvalue weighted by molar-refractivity contribution is 5.69. The molecule has 1 saturated heterocycles. The predicted octanol–water partition coefficient (Wildman–Crippen LogP) is -0.669. The minimum absolute atomic E-state index is 0.116. The lowest BCUT2D eigenvalue weighted by molar-refractivity contribution is 0.0476. The zero-order valence-electron chi connectivity index (χ0n) is 7.13. The van der Waals surface area contributed by atoms with Crippen molar-refractivity contribution < 1.29 is 14.3 Å². The van der Waals surface area contributed by atoms with Gasteiger partial charge in [-0.3, -0.25) is 0 Å². The van der Waals surface area contributed by atoms with Gasteiger partial charge in [-0.25, -0.2) is 4.79 Å². The number of likely N-dealkylation sites (N-methyl/N-ethyl adjacent to an activating group) is 1. The van der Waals surface area contributed by atoms with Crippen LogP contribution in [0.3, 0.4) is 0 Å². The number of amides is 1. The van der Waals surface area contributed by atoms with E-state index in [4.69, 9.17) is 9.47 Å². The minimum atomic E-state index is -0.350. The number of cyclic esters (lactones) is 1. The Labute approximate surface area is 71.4 Å². The highest BCUT2D eigenvalue weighted by Gasteiger charge is 2.21. The third-order valence-corrected chi connectivity index (χ3v) is 1.55. The normalized spacial score (nSPS) is 22.1. The van der Waals surface area contributed by atoms with E-state index in [-0.39, 0.29) is 12.2 Å². The Morgan fingerprint density at radius 3 is 3.25 bits per heavy atom. The second kappa shape index (κ2) is 4.95. The molecule has 5 heteroatoms. The van der Waals surface area contributed by atoms with Crippen molar-refractivity contribution in [1.82, 2.24) is 10.6 Å². The first kappa shape index (κ1) is 9.28. The van der Waals surface area contributed by atoms with Gasteiger partial charge in [0.1, 0.15) is 6.10 Å². The molecule has 0 bridgehead atoms. The number of rotatable bonds is 5. The van der Waals surface area contributed by atoms with E-state index in [1.54, 1.807) is 0 Å². The lowest BCUT2D eigenvalue weighted by atomic mass is 10.4. The molecule has 0 radical (unpaired) electrons. The highest BCUT2D eigenvalue weighted by Crippen LogP contribution is 1.99. The molecule has 1 unspecified atom stereocenters. The molecule has 0 aromatic carbocycles. The molecule has 0 aromatic heterocycles. The van der Waals surface area contributed by atoms with Gasteiger partial charge in [-0.05, 0) is 7.05 Å². The minimum Gasteiger partial charge on any atom is -0.442 e. The van der Waals surface area contributed by atoms with E-state index in [9.17, 15) is 4.79 Å². The van der Waals surface area contributed by atoms with Crippen LogP contribution in [0, 0.1) is 0 Å². The Bertz CT molecular complexity index is 152. The van der Waals surface area contributed by atoms with Gasteiger partial charge < -0.3 is 20.1 Å². The lowest BCUT2D eigenvalue weighted by Gasteiger charge is -2.07. The summed E-state index contributed by atoms with van der Waals surface area (Å²) >= 11 is 0. The van der Waals surface area contributed by atoms with Crippen molar-refractivity contribution in [3.63, 3.8) is 0 Å². The Morgan fingerprint density at radius 1 is 1.83 bits per heavy atom. The Hall–Kier alpha value is -0.810. The van der Waals surface area contributed by atoms with Gasteiger partial charge >= 0.3 is 6.09 Å². The van der Waals surface area contributed by atoms with E-state index in [2.05, 4.69) is 10.6 Å². The van der Waals surface area contributed by atoms with Gasteiger partial charge in [0, 0.05) is 6.54 Å². The molecule has 0 spiro atoms. The molecule has 1 rings (SSSR count). The fraction of sp³-hybridized carbons (Fsp3) is 0.857. The van der Waals surface area contributed by atoms with Crippen LogP contribution in [0.1, 0.15) is 0 Å². The van der Waals surface area contributed by atoms with E-state index in [1.165, 1.54) is 0 Å². The Kier molecular flexibility index (Phi) is 3.83. The summed E-state index contributed by atoms with van der Waals surface area (Å²) in [4.78, 5) is 10.5. The predicted molar refractivity (Wildman–Crippen MR) is 43.0 cm³/mol. The quantitative estimate of drug-likeness (QED) is 0.543. The molecule has 5 nitrogen and oxygen atoms in total. The summed E-state index contributed by atoms with van der Waals surface area (Å²) in [5.74, 6) is 0. The van der Waals surface area contributed by atoms with Gasteiger partial charge in [0.15, 0.2) is 0 Å². The maximum atomic E-state index is 10.5. The number of carbonyl (C=O) groups excluding carboxylic acids is 1. The standard InChI is InChI=1S/C7H14N2O3/c1-8-2-3-11-5-6-4-9-7(10)12-6/h6,8H,2-5H2,1H3,(H,9,10). The smallest absolute Gasteiger partial charge is 0.407 e. The molecule has 12 heavy (non-hydrogen) atoms. The molecular formula is C7H14N2O3. The van der Waals surface area contributed by atoms with Crippen molar-refractivity contribution in [3.05, 3.63) is 0 Å². The van der Waals surface area contributed by atoms with Crippen molar-refractivity contribution in [2.24, 2.45) is 0 Å². The SMILES string of the molecule is CNCCOCC1CNC(=O)O1. The largest absolute Gasteiger partial charge is 0.442 e. The van der Waals surface area contributed by atoms with Gasteiger partial charge in [-0.2, -0.15) is 0 Å². The van der Waals surface area contributed by atoms with Gasteiger partial charge in [-0.1, -0.05) is 0 Å². The average Bonchev–Trinajstić information content (AvgIpc) is 2.45. The molecule has 1 fully saturated rings. The molecule has 70 valence electrons. The first-order valence-corrected chi connectivity index (χ1v) is 3.99. The molecule has 1 aliphatic rings. The molecule has 1 atom stereocenters. The molecule has 1 aliphatic heterocycles. The fourth-order valence-electron chi connectivity index (χ4n) is 0.914. The first-order chi connectivity index (χ1) is 5.83. The molecule has 2 N–H and O–H groups in total. The van der Waals surface area contributed by atoms with Crippen LogP contribution in [-0.4, -0.2) is 45.5 Å². The summed E-state index contributed by atoms with van der Waals surface area (Å²) < 4.78 is 10.1. The second-order valence-electron chi connectivity index (χ2n) is 2.59. The average molecular weight is 174 g/mol. The van der Waals surface area contributed by atoms with E-state index in [0.29, 0.717) is 19.8 Å². The zero-order chi connectivity index (χ0) is 8.81. The molecule has 0 aromatic rings. The molecule has 0 saturated carbocycles. The van der Waals surface area contributed by atoms with Crippen molar-refractivity contribution in [3.8, 4) is 0 Å². The van der Waals surface area contributed by atoms with Crippen LogP contribution in [0.5, 0.6) is 0 Å². The van der Waals surface area contributed by atoms with Crippen molar-refractivity contribution in [1.29, 1.82) is 0 Å². The summed E-state index contributed by atoms with van der Waals surface area (Å²) in [5.41, 5.74) is 0. The van der Waals surface area contributed by atoms with Crippen molar-refractivity contribution >= 4 is 6.09 Å². The summed E-state index contributed by atoms with van der Waals surface area (Å²) in [6.07, 6.45) is -0.466. The van der Waals surface area contributed by atoms with Crippen LogP contribution in [0.25, 0.3) is 0 Å². The highest BCUT2D eigenvalue weighted by atomic mass is 16.6. The third kappa shape index (κ3) is 3.06. The van der Waals surface area contributed by atoms with Crippen LogP contribution < -0.4 is 10.6 Å². The number of nitrogens with one attached hydrogen (secondary N) is 2. The van der Waals surface area contributed by atoms with Gasteiger partial charge in [0.05, 0.1) is 19.8 Å². The monoisotopic (exact) mass is 174 g/mol. The zero-order valence-corrected chi connectivity index (χ0v) is 7.13. The molecule has 1 heterocycles. The van der Waals surface area contributed by atoms with Crippen LogP contribution in [0.4, 0.5) is 4.79 Å². The van der Waals surface area contributed by atoms with Crippen molar-refractivity contribution in [2.45, 2.75) is 6.10 Å². The van der Waals surface area contributed by atoms with Gasteiger partial charge in [-0.15, -0.1) is 0 Å². The summed E-state index contributed by atoms with van der Waals surface area (Å²) in [5, 5.41) is 5.51. The molecule has 0 aliphatic carbocycles.